The van der Waals surface area contributed by atoms with Gasteiger partial charge in [-0.25, -0.2) is 9.13 Å². The van der Waals surface area contributed by atoms with Crippen LogP contribution in [0.1, 0.15) is 427 Å². The second-order valence-corrected chi connectivity index (χ2v) is 33.8. The van der Waals surface area contributed by atoms with Crippen molar-refractivity contribution in [3.8, 4) is 0 Å². The van der Waals surface area contributed by atoms with Crippen molar-refractivity contribution in [1.82, 2.24) is 0 Å². The molecule has 101 heavy (non-hydrogen) atoms. The quantitative estimate of drug-likeness (QED) is 0.0222. The van der Waals surface area contributed by atoms with Crippen LogP contribution < -0.4 is 0 Å². The summed E-state index contributed by atoms with van der Waals surface area (Å²) in [5.74, 6) is 0.210. The van der Waals surface area contributed by atoms with Gasteiger partial charge in [0, 0.05) is 25.7 Å². The third-order valence-electron chi connectivity index (χ3n) is 19.1. The number of phosphoric acid groups is 2. The lowest BCUT2D eigenvalue weighted by Gasteiger charge is -2.21. The normalized spacial score (nSPS) is 14.0. The van der Waals surface area contributed by atoms with Crippen LogP contribution in [0.4, 0.5) is 0 Å². The monoisotopic (exact) mass is 1480 g/mol. The van der Waals surface area contributed by atoms with E-state index in [-0.39, 0.29) is 25.7 Å². The molecule has 0 fully saturated rings. The summed E-state index contributed by atoms with van der Waals surface area (Å²) in [7, 11) is -9.92. The Labute approximate surface area is 619 Å². The molecule has 0 aliphatic rings. The van der Waals surface area contributed by atoms with Crippen molar-refractivity contribution in [3.05, 3.63) is 0 Å². The van der Waals surface area contributed by atoms with E-state index < -0.39 is 97.5 Å². The van der Waals surface area contributed by atoms with Gasteiger partial charge in [0.1, 0.15) is 19.3 Å². The Morgan fingerprint density at radius 3 is 0.673 bits per heavy atom. The Hall–Kier alpha value is -1.94. The minimum atomic E-state index is -4.96. The minimum absolute atomic E-state index is 0.105. The topological polar surface area (TPSA) is 237 Å². The van der Waals surface area contributed by atoms with E-state index in [9.17, 15) is 43.2 Å². The molecule has 19 heteroatoms. The van der Waals surface area contributed by atoms with Gasteiger partial charge >= 0.3 is 39.5 Å². The summed E-state index contributed by atoms with van der Waals surface area (Å²) in [4.78, 5) is 72.9. The number of aliphatic hydroxyl groups excluding tert-OH is 1. The lowest BCUT2D eigenvalue weighted by atomic mass is 10.0. The number of aliphatic hydroxyl groups is 1. The molecule has 0 amide bonds. The summed E-state index contributed by atoms with van der Waals surface area (Å²) in [6, 6.07) is 0. The zero-order valence-corrected chi connectivity index (χ0v) is 68.2. The lowest BCUT2D eigenvalue weighted by Crippen LogP contribution is -2.30. The van der Waals surface area contributed by atoms with Crippen molar-refractivity contribution >= 4 is 39.5 Å². The molecule has 0 saturated carbocycles. The van der Waals surface area contributed by atoms with Crippen molar-refractivity contribution in [3.63, 3.8) is 0 Å². The second kappa shape index (κ2) is 72.3. The SMILES string of the molecule is CCCCCCCCCCCCC(=O)O[C@H](COC(=O)CCCCCCCCC(C)C)COP(=O)(O)OC[C@H](O)COP(=O)(O)OC[C@@H](COC(=O)CCCCCCCCCCCCCCCCCCCCC(C)C)OC(=O)CCCCCCCCCCCCCCCCCCCCC(C)C. The Morgan fingerprint density at radius 2 is 0.455 bits per heavy atom. The molecule has 5 atom stereocenters. The van der Waals surface area contributed by atoms with Crippen molar-refractivity contribution < 1.29 is 80.2 Å². The molecule has 0 heterocycles. The summed E-state index contributed by atoms with van der Waals surface area (Å²) in [5, 5.41) is 10.6. The Balaban J connectivity index is 5.16. The largest absolute Gasteiger partial charge is 0.472 e. The molecule has 600 valence electrons. The van der Waals surface area contributed by atoms with Crippen molar-refractivity contribution in [1.29, 1.82) is 0 Å². The summed E-state index contributed by atoms with van der Waals surface area (Å²) >= 11 is 0. The van der Waals surface area contributed by atoms with Gasteiger partial charge in [-0.3, -0.25) is 37.3 Å². The number of hydrogen-bond donors (Lipinski definition) is 3. The maximum absolute atomic E-state index is 13.1. The number of esters is 4. The number of phosphoric ester groups is 2. The van der Waals surface area contributed by atoms with Crippen LogP contribution in [0.15, 0.2) is 0 Å². The highest BCUT2D eigenvalue weighted by molar-refractivity contribution is 7.47. The summed E-state index contributed by atoms with van der Waals surface area (Å²) in [6.07, 6.45) is 61.4. The lowest BCUT2D eigenvalue weighted by molar-refractivity contribution is -0.161. The fraction of sp³-hybridized carbons (Fsp3) is 0.951. The Kier molecular flexibility index (Phi) is 70.9. The van der Waals surface area contributed by atoms with E-state index in [2.05, 4.69) is 48.5 Å². The molecule has 0 aliphatic heterocycles. The van der Waals surface area contributed by atoms with E-state index in [1.165, 1.54) is 231 Å². The number of unbranched alkanes of at least 4 members (excludes halogenated alkanes) is 48. The van der Waals surface area contributed by atoms with Crippen LogP contribution in [0.5, 0.6) is 0 Å². The van der Waals surface area contributed by atoms with E-state index in [0.717, 1.165) is 108 Å². The zero-order chi connectivity index (χ0) is 74.4. The maximum atomic E-state index is 13.1. The molecular formula is C82H160O17P2. The zero-order valence-electron chi connectivity index (χ0n) is 66.4. The second-order valence-electron chi connectivity index (χ2n) is 30.9. The first-order valence-corrected chi connectivity index (χ1v) is 45.3. The highest BCUT2D eigenvalue weighted by Crippen LogP contribution is 2.45. The highest BCUT2D eigenvalue weighted by atomic mass is 31.2. The van der Waals surface area contributed by atoms with E-state index >= 15 is 0 Å². The maximum Gasteiger partial charge on any atom is 0.472 e. The van der Waals surface area contributed by atoms with Crippen molar-refractivity contribution in [2.75, 3.05) is 39.6 Å². The molecule has 0 spiro atoms. The molecule has 17 nitrogen and oxygen atoms in total. The van der Waals surface area contributed by atoms with Gasteiger partial charge in [-0.05, 0) is 43.4 Å². The third-order valence-corrected chi connectivity index (χ3v) is 21.0. The van der Waals surface area contributed by atoms with Crippen LogP contribution in [0.25, 0.3) is 0 Å². The molecule has 0 radical (unpaired) electrons. The highest BCUT2D eigenvalue weighted by Gasteiger charge is 2.30. The van der Waals surface area contributed by atoms with Gasteiger partial charge in [-0.1, -0.05) is 376 Å². The van der Waals surface area contributed by atoms with Crippen LogP contribution >= 0.6 is 15.6 Å². The molecule has 3 N–H and O–H groups in total. The number of rotatable bonds is 80. The number of carbonyl (C=O) groups is 4. The summed E-state index contributed by atoms with van der Waals surface area (Å²) < 4.78 is 68.6. The van der Waals surface area contributed by atoms with Gasteiger partial charge in [0.25, 0.3) is 0 Å². The number of carbonyl (C=O) groups excluding carboxylic acids is 4. The smallest absolute Gasteiger partial charge is 0.462 e. The molecule has 0 aliphatic carbocycles. The van der Waals surface area contributed by atoms with Crippen LogP contribution in [0.3, 0.4) is 0 Å². The molecule has 0 aromatic heterocycles. The molecule has 0 bridgehead atoms. The van der Waals surface area contributed by atoms with Crippen LogP contribution in [-0.2, 0) is 65.4 Å². The molecular weight excluding hydrogens is 1320 g/mol. The van der Waals surface area contributed by atoms with E-state index in [0.29, 0.717) is 31.6 Å². The average Bonchev–Trinajstić information content (AvgIpc) is 0.924. The predicted molar refractivity (Wildman–Crippen MR) is 414 cm³/mol. The van der Waals surface area contributed by atoms with Gasteiger partial charge in [-0.2, -0.15) is 0 Å². The van der Waals surface area contributed by atoms with Crippen LogP contribution in [0, 0.1) is 17.8 Å². The number of hydrogen-bond acceptors (Lipinski definition) is 15. The first-order chi connectivity index (χ1) is 48.7. The molecule has 0 aromatic carbocycles. The standard InChI is InChI=1S/C82H160O17P2/c1-8-9-10-11-12-13-36-42-51-58-65-81(86)99-78(70-93-80(85)64-57-50-45-44-48-55-62-75(6)7)72-97-101(90,91)95-68-76(83)67-94-100(88,89)96-71-77(98-82(87)66-59-52-43-38-33-29-25-21-17-15-19-23-27-31-35-40-47-54-61-74(4)5)69-92-79(84)63-56-49-41-37-32-28-24-20-16-14-18-22-26-30-34-39-46-53-60-73(2)3/h73-78,83H,8-72H2,1-7H3,(H,88,89)(H,90,91)/t76-,77-,78-/m1/s1. The van der Waals surface area contributed by atoms with Gasteiger partial charge < -0.3 is 33.8 Å². The van der Waals surface area contributed by atoms with E-state index in [1.807, 2.05) is 0 Å². The first kappa shape index (κ1) is 99.1. The molecule has 2 unspecified atom stereocenters. The van der Waals surface area contributed by atoms with Gasteiger partial charge in [0.15, 0.2) is 12.2 Å². The Bertz CT molecular complexity index is 1960. The minimum Gasteiger partial charge on any atom is -0.462 e. The average molecular weight is 1480 g/mol. The fourth-order valence-corrected chi connectivity index (χ4v) is 14.2. The molecule has 0 rings (SSSR count). The van der Waals surface area contributed by atoms with Crippen molar-refractivity contribution in [2.45, 2.75) is 446 Å². The van der Waals surface area contributed by atoms with Crippen molar-refractivity contribution in [2.24, 2.45) is 17.8 Å². The van der Waals surface area contributed by atoms with Gasteiger partial charge in [0.05, 0.1) is 26.4 Å². The summed E-state index contributed by atoms with van der Waals surface area (Å²) in [5.41, 5.74) is 0. The van der Waals surface area contributed by atoms with Gasteiger partial charge in [-0.15, -0.1) is 0 Å². The first-order valence-electron chi connectivity index (χ1n) is 42.3. The predicted octanol–water partition coefficient (Wildman–Crippen LogP) is 24.5. The molecule has 0 aromatic rings. The van der Waals surface area contributed by atoms with E-state index in [1.54, 1.807) is 0 Å². The third kappa shape index (κ3) is 76.1. The fourth-order valence-electron chi connectivity index (χ4n) is 12.7. The molecule has 0 saturated heterocycles. The van der Waals surface area contributed by atoms with Crippen LogP contribution in [0.2, 0.25) is 0 Å². The summed E-state index contributed by atoms with van der Waals surface area (Å²) in [6.45, 7) is 11.9. The van der Waals surface area contributed by atoms with Gasteiger partial charge in [0.2, 0.25) is 0 Å². The van der Waals surface area contributed by atoms with Crippen LogP contribution in [-0.4, -0.2) is 96.7 Å². The van der Waals surface area contributed by atoms with E-state index in [4.69, 9.17) is 37.0 Å². The number of ether oxygens (including phenoxy) is 4. The Morgan fingerprint density at radius 1 is 0.267 bits per heavy atom.